The van der Waals surface area contributed by atoms with Gasteiger partial charge in [-0.1, -0.05) is 49.2 Å². The molecule has 2 N–H and O–H groups in total. The Morgan fingerprint density at radius 1 is 0.573 bits per heavy atom. The number of rotatable bonds is 11. The second kappa shape index (κ2) is 21.5. The van der Waals surface area contributed by atoms with E-state index in [9.17, 15) is 55.1 Å². The summed E-state index contributed by atoms with van der Waals surface area (Å²) >= 11 is 0. The summed E-state index contributed by atoms with van der Waals surface area (Å²) in [6.45, 7) is 3.38. The first-order chi connectivity index (χ1) is 35.8. The van der Waals surface area contributed by atoms with Gasteiger partial charge in [-0.25, -0.2) is 10.2 Å². The smallest absolute Gasteiger partial charge is 0.466 e. The maximum atomic E-state index is 13.9. The van der Waals surface area contributed by atoms with Gasteiger partial charge < -0.3 is 33.8 Å². The highest BCUT2D eigenvalue weighted by Gasteiger charge is 2.53. The number of hydrogen-bond acceptors (Lipinski definition) is 9. The highest BCUT2D eigenvalue weighted by molar-refractivity contribution is 6.08. The number of carbonyl (C=O) groups excluding carboxylic acids is 6. The van der Waals surface area contributed by atoms with E-state index in [2.05, 4.69) is 20.3 Å². The molecule has 4 aliphatic carbocycles. The molecule has 0 saturated heterocycles. The zero-order valence-corrected chi connectivity index (χ0v) is 41.1. The summed E-state index contributed by atoms with van der Waals surface area (Å²) in [6, 6.07) is 23.8. The van der Waals surface area contributed by atoms with Gasteiger partial charge >= 0.3 is 24.7 Å². The van der Waals surface area contributed by atoms with Gasteiger partial charge in [-0.2, -0.15) is 0 Å². The quantitative estimate of drug-likeness (QED) is 0.0643. The number of carbonyl (C=O) groups is 6. The topological polar surface area (TPSA) is 167 Å². The van der Waals surface area contributed by atoms with Crippen molar-refractivity contribution < 1.29 is 69.3 Å². The zero-order chi connectivity index (χ0) is 53.3. The molecule has 0 spiro atoms. The van der Waals surface area contributed by atoms with Gasteiger partial charge in [0.05, 0.1) is 18.7 Å². The van der Waals surface area contributed by atoms with E-state index in [1.807, 2.05) is 41.3 Å². The number of anilines is 2. The molecule has 10 rings (SSSR count). The average molecular weight is 1050 g/mol. The standard InChI is InChI=1S/C29H31F3N4O6.C25H25F3N2O3/c1-2-41-25(38)16-24(37)33-34-28(40)35(18-12-13-18)26-20-6-3-4-8-22(20)36(23-9-5-7-21(23)26)27(39)17-10-14-19(15-11-17)42-29(30,31)32;1-15(31)29(17-11-12-17)23-19-5-2-3-7-21(19)30(22-8-4-6-20(22)23)24(32)16-9-13-18(14-10-16)33-25(26,27)28/h3-4,6,8,10-11,14-15,18,21,23,26H,2,5,7,9,12-13,16H2,1H3,(H,33,37)(H,34,40);2-3,5,7,9-10,13-14,17,20,22-23H,4,6,8,11-12H2,1H3. The van der Waals surface area contributed by atoms with Crippen LogP contribution in [-0.4, -0.2) is 88.9 Å². The van der Waals surface area contributed by atoms with Crippen LogP contribution >= 0.6 is 0 Å². The Labute approximate surface area is 428 Å². The minimum atomic E-state index is -4.84. The van der Waals surface area contributed by atoms with Crippen molar-refractivity contribution in [3.8, 4) is 11.5 Å². The number of nitrogens with zero attached hydrogens (tertiary/aromatic N) is 4. The number of halogens is 6. The number of hydrazine groups is 1. The molecule has 15 nitrogen and oxygen atoms in total. The summed E-state index contributed by atoms with van der Waals surface area (Å²) in [6.07, 6.45) is -1.62. The fraction of sp³-hybridized carbons (Fsp3) is 0.444. The number of hydrogen-bond donors (Lipinski definition) is 2. The Bertz CT molecular complexity index is 2790. The summed E-state index contributed by atoms with van der Waals surface area (Å²) < 4.78 is 88.0. The van der Waals surface area contributed by atoms with Crippen LogP contribution in [0.25, 0.3) is 0 Å². The number of ether oxygens (including phenoxy) is 3. The molecule has 4 aromatic carbocycles. The number of nitrogens with one attached hydrogen (secondary N) is 2. The maximum Gasteiger partial charge on any atom is 0.573 e. The minimum Gasteiger partial charge on any atom is -0.466 e. The number of benzene rings is 4. The Hall–Kier alpha value is -7.32. The molecule has 6 aliphatic rings. The first kappa shape index (κ1) is 52.5. The first-order valence-electron chi connectivity index (χ1n) is 25.2. The molecule has 6 unspecified atom stereocenters. The molecule has 75 heavy (non-hydrogen) atoms. The van der Waals surface area contributed by atoms with Gasteiger partial charge in [0.2, 0.25) is 11.8 Å². The van der Waals surface area contributed by atoms with Crippen LogP contribution in [0, 0.1) is 11.8 Å². The molecule has 2 aliphatic heterocycles. The number of alkyl halides is 6. The molecule has 4 fully saturated rings. The van der Waals surface area contributed by atoms with E-state index in [-0.39, 0.29) is 83.7 Å². The number of para-hydroxylation sites is 2. The molecule has 4 aromatic rings. The summed E-state index contributed by atoms with van der Waals surface area (Å²) in [5, 5.41) is 0. The number of amides is 6. The number of urea groups is 1. The third-order valence-electron chi connectivity index (χ3n) is 14.7. The van der Waals surface area contributed by atoms with E-state index in [0.29, 0.717) is 17.7 Å². The molecular formula is C54H56F6N6O9. The van der Waals surface area contributed by atoms with Crippen LogP contribution in [0.4, 0.5) is 42.5 Å². The van der Waals surface area contributed by atoms with E-state index < -0.39 is 42.8 Å². The fourth-order valence-electron chi connectivity index (χ4n) is 11.6. The third kappa shape index (κ3) is 11.7. The third-order valence-corrected chi connectivity index (χ3v) is 14.7. The molecule has 0 radical (unpaired) electrons. The van der Waals surface area contributed by atoms with Crippen LogP contribution < -0.4 is 30.1 Å². The van der Waals surface area contributed by atoms with Crippen molar-refractivity contribution in [1.82, 2.24) is 20.7 Å². The summed E-state index contributed by atoms with van der Waals surface area (Å²) in [7, 11) is 0. The van der Waals surface area contributed by atoms with Gasteiger partial charge in [-0.3, -0.25) is 29.4 Å². The number of fused-ring (bicyclic) bond motifs is 4. The van der Waals surface area contributed by atoms with Crippen molar-refractivity contribution in [3.05, 3.63) is 119 Å². The van der Waals surface area contributed by atoms with Crippen molar-refractivity contribution in [2.75, 3.05) is 16.4 Å². The van der Waals surface area contributed by atoms with E-state index >= 15 is 0 Å². The molecule has 0 aromatic heterocycles. The van der Waals surface area contributed by atoms with Gasteiger partial charge in [0, 0.05) is 65.4 Å². The largest absolute Gasteiger partial charge is 0.573 e. The SMILES string of the molecule is CC(=O)N(C1CC1)C1c2ccccc2N(C(=O)c2ccc(OC(F)(F)F)cc2)C2CCCC21.CCOC(=O)CC(=O)NNC(=O)N(C1CC1)C1c2ccccc2N(C(=O)c2ccc(OC(F)(F)F)cc2)C2CCCC21. The lowest BCUT2D eigenvalue weighted by molar-refractivity contribution is -0.275. The lowest BCUT2D eigenvalue weighted by atomic mass is 9.81. The fourth-order valence-corrected chi connectivity index (χ4v) is 11.6. The van der Waals surface area contributed by atoms with E-state index in [1.165, 1.54) is 24.3 Å². The molecule has 21 heteroatoms. The van der Waals surface area contributed by atoms with Crippen LogP contribution in [0.5, 0.6) is 11.5 Å². The molecule has 6 amide bonds. The summed E-state index contributed by atoms with van der Waals surface area (Å²) in [5.41, 5.74) is 8.39. The van der Waals surface area contributed by atoms with E-state index in [0.717, 1.165) is 98.9 Å². The molecule has 0 bridgehead atoms. The van der Waals surface area contributed by atoms with Crippen LogP contribution in [-0.2, 0) is 19.1 Å². The predicted octanol–water partition coefficient (Wildman–Crippen LogP) is 10.1. The highest BCUT2D eigenvalue weighted by Crippen LogP contribution is 2.54. The molecule has 2 heterocycles. The second-order valence-corrected chi connectivity index (χ2v) is 19.6. The lowest BCUT2D eigenvalue weighted by Gasteiger charge is -2.47. The van der Waals surface area contributed by atoms with E-state index in [4.69, 9.17) is 4.74 Å². The lowest BCUT2D eigenvalue weighted by Crippen LogP contribution is -2.56. The molecule has 6 atom stereocenters. The van der Waals surface area contributed by atoms with Gasteiger partial charge in [0.25, 0.3) is 11.8 Å². The highest BCUT2D eigenvalue weighted by atomic mass is 19.4. The van der Waals surface area contributed by atoms with Crippen molar-refractivity contribution >= 4 is 47.0 Å². The van der Waals surface area contributed by atoms with Crippen LogP contribution in [0.3, 0.4) is 0 Å². The second-order valence-electron chi connectivity index (χ2n) is 19.6. The normalized spacial score (nSPS) is 22.4. The summed E-state index contributed by atoms with van der Waals surface area (Å²) in [4.78, 5) is 84.7. The molecular weight excluding hydrogens is 991 g/mol. The molecule has 4 saturated carbocycles. The first-order valence-corrected chi connectivity index (χ1v) is 25.2. The summed E-state index contributed by atoms with van der Waals surface area (Å²) in [5.74, 6) is -2.73. The maximum absolute atomic E-state index is 13.9. The van der Waals surface area contributed by atoms with Crippen molar-refractivity contribution in [3.63, 3.8) is 0 Å². The van der Waals surface area contributed by atoms with Crippen LogP contribution in [0.15, 0.2) is 97.1 Å². The Morgan fingerprint density at radius 3 is 1.41 bits per heavy atom. The number of esters is 1. The van der Waals surface area contributed by atoms with Gasteiger partial charge in [-0.15, -0.1) is 26.3 Å². The van der Waals surface area contributed by atoms with Gasteiger partial charge in [0.15, 0.2) is 0 Å². The molecule has 398 valence electrons. The Balaban J connectivity index is 0.000000189. The zero-order valence-electron chi connectivity index (χ0n) is 41.1. The minimum absolute atomic E-state index is 0.0583. The van der Waals surface area contributed by atoms with Crippen molar-refractivity contribution in [2.24, 2.45) is 11.8 Å². The Kier molecular flexibility index (Phi) is 15.1. The monoisotopic (exact) mass is 1050 g/mol. The van der Waals surface area contributed by atoms with Crippen molar-refractivity contribution in [2.45, 2.75) is 133 Å². The van der Waals surface area contributed by atoms with Crippen LogP contribution in [0.1, 0.15) is 128 Å². The van der Waals surface area contributed by atoms with Gasteiger partial charge in [0.1, 0.15) is 17.9 Å². The van der Waals surface area contributed by atoms with E-state index in [1.54, 1.807) is 40.7 Å². The predicted molar refractivity (Wildman–Crippen MR) is 259 cm³/mol. The van der Waals surface area contributed by atoms with Crippen LogP contribution in [0.2, 0.25) is 0 Å². The van der Waals surface area contributed by atoms with Crippen molar-refractivity contribution in [1.29, 1.82) is 0 Å². The average Bonchev–Trinajstić information content (AvgIpc) is 4.30. The Morgan fingerprint density at radius 2 is 1.00 bits per heavy atom. The van der Waals surface area contributed by atoms with Gasteiger partial charge in [-0.05, 0) is 130 Å².